The fourth-order valence-electron chi connectivity index (χ4n) is 1.59. The highest BCUT2D eigenvalue weighted by molar-refractivity contribution is 5.75. The zero-order valence-electron chi connectivity index (χ0n) is 8.71. The van der Waals surface area contributed by atoms with Crippen molar-refractivity contribution >= 4 is 17.0 Å². The van der Waals surface area contributed by atoms with Gasteiger partial charge in [-0.2, -0.15) is 0 Å². The Morgan fingerprint density at radius 1 is 1.50 bits per heavy atom. The van der Waals surface area contributed by atoms with Crippen LogP contribution in [0.1, 0.15) is 6.42 Å². The largest absolute Gasteiger partial charge is 0.480 e. The lowest BCUT2D eigenvalue weighted by Gasteiger charge is -2.07. The number of aromatic nitrogens is 2. The van der Waals surface area contributed by atoms with E-state index in [9.17, 15) is 4.79 Å². The minimum Gasteiger partial charge on any atom is -0.480 e. The van der Waals surface area contributed by atoms with Crippen molar-refractivity contribution in [3.8, 4) is 0 Å². The van der Waals surface area contributed by atoms with E-state index in [4.69, 9.17) is 10.8 Å². The third-order valence-corrected chi connectivity index (χ3v) is 2.53. The van der Waals surface area contributed by atoms with Gasteiger partial charge in [-0.05, 0) is 18.6 Å². The number of fused-ring (bicyclic) bond motifs is 1. The standard InChI is InChI=1S/C11H13N3O2/c12-8(11(15)16)5-6-14-7-13-9-3-1-2-4-10(9)14/h1-4,7-8H,5-6,12H2,(H,15,16)/t8-/m0/s1. The molecule has 3 N–H and O–H groups in total. The van der Waals surface area contributed by atoms with E-state index < -0.39 is 12.0 Å². The van der Waals surface area contributed by atoms with Gasteiger partial charge >= 0.3 is 5.97 Å². The molecular weight excluding hydrogens is 206 g/mol. The highest BCUT2D eigenvalue weighted by atomic mass is 16.4. The molecule has 5 nitrogen and oxygen atoms in total. The van der Waals surface area contributed by atoms with Crippen molar-refractivity contribution in [1.82, 2.24) is 9.55 Å². The Kier molecular flexibility index (Phi) is 2.87. The predicted molar refractivity (Wildman–Crippen MR) is 60.0 cm³/mol. The smallest absolute Gasteiger partial charge is 0.320 e. The summed E-state index contributed by atoms with van der Waals surface area (Å²) < 4.78 is 1.91. The van der Waals surface area contributed by atoms with Gasteiger partial charge in [-0.3, -0.25) is 4.79 Å². The van der Waals surface area contributed by atoms with E-state index in [1.165, 1.54) is 0 Å². The van der Waals surface area contributed by atoms with Crippen LogP contribution in [0.25, 0.3) is 11.0 Å². The molecule has 1 aromatic carbocycles. The van der Waals surface area contributed by atoms with Crippen molar-refractivity contribution < 1.29 is 9.90 Å². The summed E-state index contributed by atoms with van der Waals surface area (Å²) in [6.07, 6.45) is 2.11. The number of hydrogen-bond acceptors (Lipinski definition) is 3. The Hall–Kier alpha value is -1.88. The van der Waals surface area contributed by atoms with Crippen molar-refractivity contribution in [3.63, 3.8) is 0 Å². The number of aliphatic carboxylic acids is 1. The van der Waals surface area contributed by atoms with Crippen LogP contribution in [-0.2, 0) is 11.3 Å². The number of carbonyl (C=O) groups is 1. The van der Waals surface area contributed by atoms with Crippen LogP contribution in [0.5, 0.6) is 0 Å². The first-order chi connectivity index (χ1) is 7.68. The van der Waals surface area contributed by atoms with Crippen LogP contribution in [0.3, 0.4) is 0 Å². The molecule has 2 rings (SSSR count). The maximum atomic E-state index is 10.6. The number of aryl methyl sites for hydroxylation is 1. The minimum absolute atomic E-state index is 0.398. The molecule has 0 saturated carbocycles. The number of nitrogens with two attached hydrogens (primary N) is 1. The number of nitrogens with zero attached hydrogens (tertiary/aromatic N) is 2. The second-order valence-electron chi connectivity index (χ2n) is 3.66. The second-order valence-corrected chi connectivity index (χ2v) is 3.66. The lowest BCUT2D eigenvalue weighted by atomic mass is 10.2. The van der Waals surface area contributed by atoms with Crippen LogP contribution in [0.4, 0.5) is 0 Å². The van der Waals surface area contributed by atoms with E-state index >= 15 is 0 Å². The third-order valence-electron chi connectivity index (χ3n) is 2.53. The van der Waals surface area contributed by atoms with E-state index in [0.29, 0.717) is 13.0 Å². The van der Waals surface area contributed by atoms with E-state index in [-0.39, 0.29) is 0 Å². The molecule has 1 atom stereocenters. The average molecular weight is 219 g/mol. The normalized spacial score (nSPS) is 12.8. The molecule has 84 valence electrons. The van der Waals surface area contributed by atoms with Gasteiger partial charge in [-0.25, -0.2) is 4.98 Å². The molecule has 16 heavy (non-hydrogen) atoms. The molecule has 2 aromatic rings. The summed E-state index contributed by atoms with van der Waals surface area (Å²) in [5.74, 6) is -0.968. The molecule has 0 unspecified atom stereocenters. The fourth-order valence-corrected chi connectivity index (χ4v) is 1.59. The van der Waals surface area contributed by atoms with E-state index in [1.54, 1.807) is 6.33 Å². The van der Waals surface area contributed by atoms with Crippen molar-refractivity contribution in [3.05, 3.63) is 30.6 Å². The molecular formula is C11H13N3O2. The number of carboxylic acid groups (broad SMARTS) is 1. The first-order valence-electron chi connectivity index (χ1n) is 5.07. The van der Waals surface area contributed by atoms with E-state index in [2.05, 4.69) is 4.98 Å². The molecule has 0 bridgehead atoms. The van der Waals surface area contributed by atoms with Crippen LogP contribution < -0.4 is 5.73 Å². The molecule has 0 spiro atoms. The summed E-state index contributed by atoms with van der Waals surface area (Å²) in [6.45, 7) is 0.563. The number of imidazole rings is 1. The number of para-hydroxylation sites is 2. The van der Waals surface area contributed by atoms with Crippen molar-refractivity contribution in [2.45, 2.75) is 19.0 Å². The number of carboxylic acids is 1. The van der Waals surface area contributed by atoms with Crippen molar-refractivity contribution in [2.75, 3.05) is 0 Å². The van der Waals surface area contributed by atoms with Crippen molar-refractivity contribution in [1.29, 1.82) is 0 Å². The van der Waals surface area contributed by atoms with Crippen LogP contribution in [-0.4, -0.2) is 26.7 Å². The number of benzene rings is 1. The first-order valence-corrected chi connectivity index (χ1v) is 5.07. The quantitative estimate of drug-likeness (QED) is 0.798. The van der Waals surface area contributed by atoms with Crippen LogP contribution in [0.2, 0.25) is 0 Å². The summed E-state index contributed by atoms with van der Waals surface area (Å²) in [7, 11) is 0. The van der Waals surface area contributed by atoms with Gasteiger partial charge in [0.1, 0.15) is 6.04 Å². The van der Waals surface area contributed by atoms with Crippen LogP contribution >= 0.6 is 0 Å². The summed E-state index contributed by atoms with van der Waals surface area (Å²) in [6, 6.07) is 6.90. The lowest BCUT2D eigenvalue weighted by molar-refractivity contribution is -0.138. The molecule has 1 heterocycles. The maximum Gasteiger partial charge on any atom is 0.320 e. The zero-order valence-corrected chi connectivity index (χ0v) is 8.71. The van der Waals surface area contributed by atoms with Gasteiger partial charge < -0.3 is 15.4 Å². The monoisotopic (exact) mass is 219 g/mol. The van der Waals surface area contributed by atoms with Gasteiger partial charge in [-0.1, -0.05) is 12.1 Å². The molecule has 0 fully saturated rings. The molecule has 0 aliphatic carbocycles. The Bertz CT molecular complexity index is 507. The molecule has 1 aromatic heterocycles. The topological polar surface area (TPSA) is 81.1 Å². The molecule has 0 aliphatic heterocycles. The zero-order chi connectivity index (χ0) is 11.5. The van der Waals surface area contributed by atoms with Crippen molar-refractivity contribution in [2.24, 2.45) is 5.73 Å². The highest BCUT2D eigenvalue weighted by Gasteiger charge is 2.11. The average Bonchev–Trinajstić information content (AvgIpc) is 2.69. The Morgan fingerprint density at radius 2 is 2.25 bits per heavy atom. The number of hydrogen-bond donors (Lipinski definition) is 2. The third kappa shape index (κ3) is 2.04. The van der Waals surface area contributed by atoms with Gasteiger partial charge in [-0.15, -0.1) is 0 Å². The Balaban J connectivity index is 2.13. The molecule has 0 amide bonds. The van der Waals surface area contributed by atoms with Gasteiger partial charge in [0, 0.05) is 6.54 Å². The molecule has 0 saturated heterocycles. The van der Waals surface area contributed by atoms with Gasteiger partial charge in [0.05, 0.1) is 17.4 Å². The second kappa shape index (κ2) is 4.32. The molecule has 5 heteroatoms. The van der Waals surface area contributed by atoms with Crippen LogP contribution in [0.15, 0.2) is 30.6 Å². The summed E-state index contributed by atoms with van der Waals surface area (Å²) in [5.41, 5.74) is 7.35. The lowest BCUT2D eigenvalue weighted by Crippen LogP contribution is -2.31. The minimum atomic E-state index is -0.968. The maximum absolute atomic E-state index is 10.6. The summed E-state index contributed by atoms with van der Waals surface area (Å²) in [5, 5.41) is 8.67. The first kappa shape index (κ1) is 10.6. The van der Waals surface area contributed by atoms with Gasteiger partial charge in [0.15, 0.2) is 0 Å². The van der Waals surface area contributed by atoms with E-state index in [1.807, 2.05) is 28.8 Å². The molecule has 0 aliphatic rings. The van der Waals surface area contributed by atoms with Gasteiger partial charge in [0.2, 0.25) is 0 Å². The fraction of sp³-hybridized carbons (Fsp3) is 0.273. The Morgan fingerprint density at radius 3 is 3.00 bits per heavy atom. The Labute approximate surface area is 92.5 Å². The summed E-state index contributed by atoms with van der Waals surface area (Å²) in [4.78, 5) is 14.8. The predicted octanol–water partition coefficient (Wildman–Crippen LogP) is 0.838. The van der Waals surface area contributed by atoms with Crippen LogP contribution in [0, 0.1) is 0 Å². The van der Waals surface area contributed by atoms with Gasteiger partial charge in [0.25, 0.3) is 0 Å². The molecule has 0 radical (unpaired) electrons. The van der Waals surface area contributed by atoms with E-state index in [0.717, 1.165) is 11.0 Å². The summed E-state index contributed by atoms with van der Waals surface area (Å²) >= 11 is 0. The highest BCUT2D eigenvalue weighted by Crippen LogP contribution is 2.12. The SMILES string of the molecule is N[C@@H](CCn1cnc2ccccc21)C(=O)O. The number of rotatable bonds is 4.